The van der Waals surface area contributed by atoms with Gasteiger partial charge in [-0.2, -0.15) is 0 Å². The predicted molar refractivity (Wildman–Crippen MR) is 78.0 cm³/mol. The van der Waals surface area contributed by atoms with Crippen LogP contribution in [0.1, 0.15) is 17.2 Å². The summed E-state index contributed by atoms with van der Waals surface area (Å²) in [6.07, 6.45) is 1.08. The summed E-state index contributed by atoms with van der Waals surface area (Å²) in [5, 5.41) is 0. The fourth-order valence-corrected chi connectivity index (χ4v) is 3.73. The summed E-state index contributed by atoms with van der Waals surface area (Å²) in [5.74, 6) is 0. The smallest absolute Gasteiger partial charge is 0.0436 e. The van der Waals surface area contributed by atoms with E-state index >= 15 is 0 Å². The lowest BCUT2D eigenvalue weighted by Gasteiger charge is -2.18. The lowest BCUT2D eigenvalue weighted by Crippen LogP contribution is -2.25. The molecule has 5 heteroatoms. The van der Waals surface area contributed by atoms with E-state index in [0.29, 0.717) is 0 Å². The zero-order valence-electron chi connectivity index (χ0n) is 8.12. The van der Waals surface area contributed by atoms with Crippen molar-refractivity contribution in [2.45, 2.75) is 12.5 Å². The Balaban J connectivity index is 2.30. The normalized spacial score (nSPS) is 22.2. The van der Waals surface area contributed by atoms with Crippen LogP contribution >= 0.6 is 46.3 Å². The van der Waals surface area contributed by atoms with Gasteiger partial charge >= 0.3 is 0 Å². The molecule has 15 heavy (non-hydrogen) atoms. The maximum absolute atomic E-state index is 6.19. The van der Waals surface area contributed by atoms with Gasteiger partial charge in [0, 0.05) is 44.8 Å². The molecule has 0 amide bonds. The molecule has 0 bridgehead atoms. The van der Waals surface area contributed by atoms with Gasteiger partial charge in [-0.25, -0.2) is 4.31 Å². The fraction of sp³-hybridized carbons (Fsp3) is 0.400. The Hall–Kier alpha value is 0.700. The summed E-state index contributed by atoms with van der Waals surface area (Å²) >= 11 is 5.82. The van der Waals surface area contributed by atoms with Crippen LogP contribution in [0.4, 0.5) is 0 Å². The highest BCUT2D eigenvalue weighted by Gasteiger charge is 2.19. The van der Waals surface area contributed by atoms with Crippen LogP contribution in [0, 0.1) is 0 Å². The minimum absolute atomic E-state index is 0.137. The topological polar surface area (TPSA) is 29.3 Å². The number of hydrogen-bond donors (Lipinski definition) is 1. The lowest BCUT2D eigenvalue weighted by atomic mass is 10.0. The first-order chi connectivity index (χ1) is 7.20. The second kappa shape index (κ2) is 5.35. The summed E-state index contributed by atoms with van der Waals surface area (Å²) in [5.41, 5.74) is 8.87. The molecule has 0 aliphatic carbocycles. The summed E-state index contributed by atoms with van der Waals surface area (Å²) in [4.78, 5) is 0. The minimum Gasteiger partial charge on any atom is -0.323 e. The largest absolute Gasteiger partial charge is 0.323 e. The lowest BCUT2D eigenvalue weighted by molar-refractivity contribution is 0.458. The Labute approximate surface area is 115 Å². The van der Waals surface area contributed by atoms with Gasteiger partial charge in [-0.05, 0) is 38.8 Å². The van der Waals surface area contributed by atoms with E-state index in [1.54, 1.807) is 9.12 Å². The molecule has 0 aromatic heterocycles. The van der Waals surface area contributed by atoms with Crippen LogP contribution in [-0.2, 0) is 6.42 Å². The van der Waals surface area contributed by atoms with E-state index in [1.807, 2.05) is 0 Å². The standard InChI is InChI=1S/C10H12BrIN2S/c11-8-1-2-9-7(5-8)3-4-14(15-12)6-10(9)13/h1-2,5,10H,3-4,6,13H2. The Morgan fingerprint density at radius 3 is 3.07 bits per heavy atom. The maximum Gasteiger partial charge on any atom is 0.0436 e. The van der Waals surface area contributed by atoms with Crippen LogP contribution in [0.3, 0.4) is 0 Å². The number of nitrogens with two attached hydrogens (primary N) is 1. The Morgan fingerprint density at radius 2 is 2.33 bits per heavy atom. The van der Waals surface area contributed by atoms with Crippen LogP contribution in [-0.4, -0.2) is 17.4 Å². The van der Waals surface area contributed by atoms with Gasteiger partial charge in [0.15, 0.2) is 0 Å². The highest BCUT2D eigenvalue weighted by Crippen LogP contribution is 2.29. The SMILES string of the molecule is NC1CN(SI)CCc2cc(Br)ccc21. The van der Waals surface area contributed by atoms with Gasteiger partial charge in [0.25, 0.3) is 0 Å². The van der Waals surface area contributed by atoms with Crippen molar-refractivity contribution in [2.24, 2.45) is 5.73 Å². The zero-order chi connectivity index (χ0) is 10.8. The molecule has 2 nitrogen and oxygen atoms in total. The maximum atomic E-state index is 6.19. The first-order valence-electron chi connectivity index (χ1n) is 4.78. The molecule has 82 valence electrons. The van der Waals surface area contributed by atoms with Gasteiger partial charge in [0.2, 0.25) is 0 Å². The van der Waals surface area contributed by atoms with Crippen LogP contribution in [0.2, 0.25) is 0 Å². The van der Waals surface area contributed by atoms with E-state index in [4.69, 9.17) is 5.73 Å². The van der Waals surface area contributed by atoms with Gasteiger partial charge in [-0.3, -0.25) is 0 Å². The van der Waals surface area contributed by atoms with Gasteiger partial charge in [-0.15, -0.1) is 0 Å². The molecule has 1 aromatic carbocycles. The van der Waals surface area contributed by atoms with Crippen LogP contribution < -0.4 is 5.73 Å². The van der Waals surface area contributed by atoms with E-state index in [0.717, 1.165) is 24.0 Å². The van der Waals surface area contributed by atoms with Crippen molar-refractivity contribution in [1.29, 1.82) is 0 Å². The molecule has 0 saturated heterocycles. The first kappa shape index (κ1) is 12.2. The zero-order valence-corrected chi connectivity index (χ0v) is 12.7. The van der Waals surface area contributed by atoms with Gasteiger partial charge < -0.3 is 5.73 Å². The van der Waals surface area contributed by atoms with Gasteiger partial charge in [-0.1, -0.05) is 22.0 Å². The quantitative estimate of drug-likeness (QED) is 0.581. The Bertz CT molecular complexity index is 361. The number of halogens is 2. The van der Waals surface area contributed by atoms with Crippen molar-refractivity contribution in [1.82, 2.24) is 4.31 Å². The number of fused-ring (bicyclic) bond motifs is 1. The van der Waals surface area contributed by atoms with Crippen molar-refractivity contribution >= 4 is 46.3 Å². The third-order valence-corrected chi connectivity index (χ3v) is 5.32. The second-order valence-electron chi connectivity index (χ2n) is 3.66. The van der Waals surface area contributed by atoms with Crippen molar-refractivity contribution in [3.63, 3.8) is 0 Å². The number of nitrogens with zero attached hydrogens (tertiary/aromatic N) is 1. The molecule has 0 radical (unpaired) electrons. The highest BCUT2D eigenvalue weighted by molar-refractivity contribution is 14.2. The molecule has 1 unspecified atom stereocenters. The van der Waals surface area contributed by atoms with Crippen molar-refractivity contribution in [3.8, 4) is 0 Å². The monoisotopic (exact) mass is 398 g/mol. The summed E-state index contributed by atoms with van der Waals surface area (Å²) < 4.78 is 3.46. The molecule has 2 N–H and O–H groups in total. The summed E-state index contributed by atoms with van der Waals surface area (Å²) in [6.45, 7) is 2.01. The molecule has 1 aliphatic rings. The predicted octanol–water partition coefficient (Wildman–Crippen LogP) is 3.31. The fourth-order valence-electron chi connectivity index (χ4n) is 1.87. The third-order valence-electron chi connectivity index (χ3n) is 2.63. The molecule has 1 atom stereocenters. The van der Waals surface area contributed by atoms with Crippen LogP contribution in [0.15, 0.2) is 22.7 Å². The van der Waals surface area contributed by atoms with Crippen LogP contribution in [0.5, 0.6) is 0 Å². The molecular formula is C10H12BrIN2S. The molecule has 0 fully saturated rings. The van der Waals surface area contributed by atoms with Crippen molar-refractivity contribution in [2.75, 3.05) is 13.1 Å². The average Bonchev–Trinajstić information content (AvgIpc) is 2.38. The summed E-state index contributed by atoms with van der Waals surface area (Å²) in [6, 6.07) is 6.55. The molecule has 0 spiro atoms. The van der Waals surface area contributed by atoms with E-state index in [2.05, 4.69) is 59.6 Å². The van der Waals surface area contributed by atoms with E-state index in [1.165, 1.54) is 11.1 Å². The van der Waals surface area contributed by atoms with E-state index in [9.17, 15) is 0 Å². The molecule has 0 saturated carbocycles. The van der Waals surface area contributed by atoms with E-state index < -0.39 is 0 Å². The minimum atomic E-state index is 0.137. The number of benzene rings is 1. The van der Waals surface area contributed by atoms with Gasteiger partial charge in [0.05, 0.1) is 0 Å². The van der Waals surface area contributed by atoms with Crippen LogP contribution in [0.25, 0.3) is 0 Å². The Kier molecular flexibility index (Phi) is 4.34. The second-order valence-corrected chi connectivity index (χ2v) is 6.41. The Morgan fingerprint density at radius 1 is 1.53 bits per heavy atom. The van der Waals surface area contributed by atoms with Crippen molar-refractivity contribution in [3.05, 3.63) is 33.8 Å². The first-order valence-corrected chi connectivity index (χ1v) is 8.89. The van der Waals surface area contributed by atoms with E-state index in [-0.39, 0.29) is 6.04 Å². The highest BCUT2D eigenvalue weighted by atomic mass is 127. The number of hydrogen-bond acceptors (Lipinski definition) is 3. The van der Waals surface area contributed by atoms with Crippen molar-refractivity contribution < 1.29 is 0 Å². The molecule has 1 heterocycles. The molecule has 1 aromatic rings. The molecule has 1 aliphatic heterocycles. The summed E-state index contributed by atoms with van der Waals surface area (Å²) in [7, 11) is 1.75. The third kappa shape index (κ3) is 2.88. The number of rotatable bonds is 1. The van der Waals surface area contributed by atoms with Gasteiger partial charge in [0.1, 0.15) is 0 Å². The molecular weight excluding hydrogens is 387 g/mol. The molecule has 2 rings (SSSR count). The average molecular weight is 399 g/mol.